The molecule has 0 aromatic heterocycles. The maximum Gasteiger partial charge on any atom is 0.379 e. The SMILES string of the molecule is FC(F)(Cl)C1=NC(c2ccc(Cl)c(Cl)c2)(C(F)(F)Cl)N=C(C(F)(F)Cl)N1. The third-order valence-electron chi connectivity index (χ3n) is 3.04. The summed E-state index contributed by atoms with van der Waals surface area (Å²) in [6.07, 6.45) is 0. The lowest BCUT2D eigenvalue weighted by Crippen LogP contribution is -2.55. The summed E-state index contributed by atoms with van der Waals surface area (Å²) < 4.78 is 82.2. The van der Waals surface area contributed by atoms with Crippen LogP contribution >= 0.6 is 58.0 Å². The number of alkyl halides is 9. The van der Waals surface area contributed by atoms with Crippen molar-refractivity contribution in [3.05, 3.63) is 33.8 Å². The van der Waals surface area contributed by atoms with Gasteiger partial charge in [0.1, 0.15) is 0 Å². The van der Waals surface area contributed by atoms with Gasteiger partial charge in [-0.3, -0.25) is 0 Å². The van der Waals surface area contributed by atoms with Crippen molar-refractivity contribution in [1.29, 1.82) is 0 Å². The fourth-order valence-electron chi connectivity index (χ4n) is 1.92. The summed E-state index contributed by atoms with van der Waals surface area (Å²) in [5.74, 6) is -3.54. The van der Waals surface area contributed by atoms with Gasteiger partial charge in [-0.25, -0.2) is 9.98 Å². The lowest BCUT2D eigenvalue weighted by Gasteiger charge is -2.36. The van der Waals surface area contributed by atoms with Crippen LogP contribution in [0.25, 0.3) is 0 Å². The summed E-state index contributed by atoms with van der Waals surface area (Å²) in [7, 11) is 0. The Morgan fingerprint density at radius 2 is 1.27 bits per heavy atom. The molecule has 0 aliphatic carbocycles. The molecule has 2 rings (SSSR count). The average Bonchev–Trinajstić information content (AvgIpc) is 2.46. The molecule has 1 aromatic rings. The molecular formula is C12H4Cl5F6N3. The van der Waals surface area contributed by atoms with Crippen molar-refractivity contribution in [1.82, 2.24) is 5.32 Å². The van der Waals surface area contributed by atoms with Gasteiger partial charge in [-0.2, -0.15) is 26.3 Å². The van der Waals surface area contributed by atoms with Crippen molar-refractivity contribution < 1.29 is 26.3 Å². The molecule has 3 nitrogen and oxygen atoms in total. The van der Waals surface area contributed by atoms with E-state index >= 15 is 0 Å². The first-order valence-corrected chi connectivity index (χ1v) is 8.10. The first kappa shape index (κ1) is 21.7. The molecule has 1 aliphatic heterocycles. The van der Waals surface area contributed by atoms with E-state index in [1.54, 1.807) is 0 Å². The van der Waals surface area contributed by atoms with Crippen LogP contribution in [-0.4, -0.2) is 27.8 Å². The summed E-state index contributed by atoms with van der Waals surface area (Å²) in [5.41, 5.74) is -4.19. The van der Waals surface area contributed by atoms with Crippen molar-refractivity contribution in [3.63, 3.8) is 0 Å². The van der Waals surface area contributed by atoms with Crippen molar-refractivity contribution in [2.24, 2.45) is 9.98 Å². The van der Waals surface area contributed by atoms with E-state index in [-0.39, 0.29) is 10.0 Å². The zero-order valence-corrected chi connectivity index (χ0v) is 15.6. The largest absolute Gasteiger partial charge is 0.379 e. The van der Waals surface area contributed by atoms with Crippen molar-refractivity contribution >= 4 is 69.7 Å². The number of hydrogen-bond donors (Lipinski definition) is 1. The maximum absolute atomic E-state index is 14.2. The molecule has 0 saturated heterocycles. The number of halogens is 11. The third-order valence-corrected chi connectivity index (χ3v) is 4.40. The Labute approximate surface area is 166 Å². The normalized spacial score (nSPS) is 18.1. The standard InChI is InChI=1S/C12H4Cl5F6N3/c13-5-2-1-4(3-6(5)14)9(12(17,22)23)25-7(10(15,18)19)24-8(26-9)11(16,20)21/h1-3H,(H,24,25,26). The van der Waals surface area contributed by atoms with E-state index in [1.807, 2.05) is 0 Å². The Morgan fingerprint density at radius 1 is 0.808 bits per heavy atom. The summed E-state index contributed by atoms with van der Waals surface area (Å²) in [4.78, 5) is 6.04. The molecule has 0 bridgehead atoms. The molecule has 0 radical (unpaired) electrons. The quantitative estimate of drug-likeness (QED) is 0.413. The lowest BCUT2D eigenvalue weighted by atomic mass is 9.99. The van der Waals surface area contributed by atoms with Crippen molar-refractivity contribution in [2.75, 3.05) is 0 Å². The van der Waals surface area contributed by atoms with Gasteiger partial charge >= 0.3 is 16.1 Å². The zero-order chi connectivity index (χ0) is 20.1. The Balaban J connectivity index is 2.86. The molecule has 0 saturated carbocycles. The van der Waals surface area contributed by atoms with Gasteiger partial charge in [-0.1, -0.05) is 29.3 Å². The van der Waals surface area contributed by atoms with Crippen LogP contribution < -0.4 is 5.32 Å². The highest BCUT2D eigenvalue weighted by molar-refractivity contribution is 6.42. The molecule has 26 heavy (non-hydrogen) atoms. The van der Waals surface area contributed by atoms with Crippen LogP contribution in [0.15, 0.2) is 28.2 Å². The van der Waals surface area contributed by atoms with Crippen LogP contribution in [0, 0.1) is 0 Å². The first-order valence-electron chi connectivity index (χ1n) is 6.21. The molecule has 0 amide bonds. The average molecular weight is 481 g/mol. The van der Waals surface area contributed by atoms with E-state index in [1.165, 1.54) is 5.32 Å². The minimum atomic E-state index is -4.58. The Morgan fingerprint density at radius 3 is 1.62 bits per heavy atom. The zero-order valence-electron chi connectivity index (χ0n) is 11.8. The summed E-state index contributed by atoms with van der Waals surface area (Å²) in [6, 6.07) is 2.59. The van der Waals surface area contributed by atoms with Gasteiger partial charge in [0.05, 0.1) is 10.0 Å². The Bertz CT molecular complexity index is 751. The number of amidine groups is 2. The predicted molar refractivity (Wildman–Crippen MR) is 88.5 cm³/mol. The fraction of sp³-hybridized carbons (Fsp3) is 0.333. The molecule has 1 N–H and O–H groups in total. The van der Waals surface area contributed by atoms with Crippen LogP contribution in [0.3, 0.4) is 0 Å². The second-order valence-corrected chi connectivity index (χ2v) is 7.08. The molecule has 0 atom stereocenters. The van der Waals surface area contributed by atoms with Gasteiger partial charge in [0, 0.05) is 5.56 Å². The summed E-state index contributed by atoms with van der Waals surface area (Å²) in [5, 5.41) is -12.6. The van der Waals surface area contributed by atoms with Crippen LogP contribution in [0.1, 0.15) is 5.56 Å². The van der Waals surface area contributed by atoms with Crippen molar-refractivity contribution in [3.8, 4) is 0 Å². The van der Waals surface area contributed by atoms with Crippen LogP contribution in [-0.2, 0) is 5.66 Å². The second kappa shape index (κ2) is 6.77. The van der Waals surface area contributed by atoms with Crippen LogP contribution in [0.5, 0.6) is 0 Å². The van der Waals surface area contributed by atoms with E-state index in [4.69, 9.17) is 58.0 Å². The number of rotatable bonds is 4. The van der Waals surface area contributed by atoms with Crippen LogP contribution in [0.2, 0.25) is 10.0 Å². The van der Waals surface area contributed by atoms with E-state index < -0.39 is 39.0 Å². The summed E-state index contributed by atoms with van der Waals surface area (Å²) >= 11 is 25.9. The van der Waals surface area contributed by atoms with Gasteiger partial charge in [0.15, 0.2) is 11.7 Å². The van der Waals surface area contributed by atoms with Gasteiger partial charge in [0.25, 0.3) is 5.66 Å². The third kappa shape index (κ3) is 4.11. The van der Waals surface area contributed by atoms with Crippen molar-refractivity contribution in [2.45, 2.75) is 21.8 Å². The van der Waals surface area contributed by atoms with Gasteiger partial charge in [-0.15, -0.1) is 0 Å². The van der Waals surface area contributed by atoms with Gasteiger partial charge in [-0.05, 0) is 46.9 Å². The molecule has 1 aromatic carbocycles. The molecule has 0 fully saturated rings. The van der Waals surface area contributed by atoms with Gasteiger partial charge < -0.3 is 5.32 Å². The number of nitrogens with zero attached hydrogens (tertiary/aromatic N) is 2. The van der Waals surface area contributed by atoms with E-state index in [9.17, 15) is 26.3 Å². The monoisotopic (exact) mass is 479 g/mol. The van der Waals surface area contributed by atoms with E-state index in [0.29, 0.717) is 0 Å². The molecule has 144 valence electrons. The molecule has 1 heterocycles. The molecular weight excluding hydrogens is 477 g/mol. The Kier molecular flexibility index (Phi) is 5.65. The second-order valence-electron chi connectivity index (χ2n) is 4.84. The number of benzene rings is 1. The first-order chi connectivity index (χ1) is 11.6. The highest BCUT2D eigenvalue weighted by Gasteiger charge is 2.60. The topological polar surface area (TPSA) is 36.8 Å². The fourth-order valence-corrected chi connectivity index (χ4v) is 2.59. The number of aliphatic imine (C=N–C) groups is 2. The molecule has 1 aliphatic rings. The minimum absolute atomic E-state index is 0.101. The molecule has 0 spiro atoms. The highest BCUT2D eigenvalue weighted by Crippen LogP contribution is 2.49. The van der Waals surface area contributed by atoms with E-state index in [0.717, 1.165) is 18.2 Å². The molecule has 0 unspecified atom stereocenters. The summed E-state index contributed by atoms with van der Waals surface area (Å²) in [6.45, 7) is 0. The minimum Gasteiger partial charge on any atom is -0.320 e. The maximum atomic E-state index is 14.2. The number of hydrogen-bond acceptors (Lipinski definition) is 3. The molecule has 14 heteroatoms. The Hall–Kier alpha value is -0.610. The number of nitrogens with one attached hydrogen (secondary N) is 1. The van der Waals surface area contributed by atoms with Crippen LogP contribution in [0.4, 0.5) is 26.3 Å². The van der Waals surface area contributed by atoms with Gasteiger partial charge in [0.2, 0.25) is 0 Å². The predicted octanol–water partition coefficient (Wildman–Crippen LogP) is 6.04. The lowest BCUT2D eigenvalue weighted by molar-refractivity contribution is 0.00717. The van der Waals surface area contributed by atoms with E-state index in [2.05, 4.69) is 9.98 Å². The smallest absolute Gasteiger partial charge is 0.320 e. The highest BCUT2D eigenvalue weighted by atomic mass is 35.5.